The summed E-state index contributed by atoms with van der Waals surface area (Å²) in [6.07, 6.45) is 1.10. The van der Waals surface area contributed by atoms with Crippen molar-refractivity contribution in [3.63, 3.8) is 0 Å². The van der Waals surface area contributed by atoms with Crippen molar-refractivity contribution >= 4 is 21.8 Å². The van der Waals surface area contributed by atoms with E-state index < -0.39 is 16.1 Å². The lowest BCUT2D eigenvalue weighted by molar-refractivity contribution is -0.131. The van der Waals surface area contributed by atoms with Gasteiger partial charge in [0.1, 0.15) is 6.04 Å². The second kappa shape index (κ2) is 9.03. The fourth-order valence-corrected chi connectivity index (χ4v) is 6.13. The topological polar surface area (TPSA) is 86.8 Å². The zero-order valence-corrected chi connectivity index (χ0v) is 19.2. The molecule has 2 aromatic carbocycles. The molecule has 2 amide bonds. The highest BCUT2D eigenvalue weighted by Crippen LogP contribution is 2.27. The summed E-state index contributed by atoms with van der Waals surface area (Å²) in [5.41, 5.74) is 2.01. The molecule has 2 fully saturated rings. The lowest BCUT2D eigenvalue weighted by atomic mass is 10.1. The fraction of sp³-hybridized carbons (Fsp3) is 0.417. The van der Waals surface area contributed by atoms with E-state index in [0.29, 0.717) is 32.5 Å². The van der Waals surface area contributed by atoms with Crippen LogP contribution in [0.1, 0.15) is 30.9 Å². The number of aryl methyl sites for hydroxylation is 1. The van der Waals surface area contributed by atoms with Gasteiger partial charge in [-0.3, -0.25) is 9.59 Å². The minimum Gasteiger partial charge on any atom is -0.349 e. The van der Waals surface area contributed by atoms with Crippen molar-refractivity contribution in [1.82, 2.24) is 14.5 Å². The van der Waals surface area contributed by atoms with E-state index in [1.807, 2.05) is 44.2 Å². The van der Waals surface area contributed by atoms with Gasteiger partial charge in [0.15, 0.2) is 0 Å². The Bertz CT molecular complexity index is 1090. The van der Waals surface area contributed by atoms with E-state index in [9.17, 15) is 18.0 Å². The number of rotatable bonds is 6. The lowest BCUT2D eigenvalue weighted by Gasteiger charge is -2.25. The largest absolute Gasteiger partial charge is 0.349 e. The Balaban J connectivity index is 1.44. The van der Waals surface area contributed by atoms with Crippen LogP contribution in [0.5, 0.6) is 0 Å². The Labute approximate surface area is 189 Å². The number of carbonyl (C=O) groups excluding carboxylic acids is 2. The Morgan fingerprint density at radius 2 is 1.78 bits per heavy atom. The summed E-state index contributed by atoms with van der Waals surface area (Å²) < 4.78 is 27.6. The third kappa shape index (κ3) is 4.42. The van der Waals surface area contributed by atoms with Gasteiger partial charge in [-0.15, -0.1) is 0 Å². The molecule has 0 radical (unpaired) electrons. The van der Waals surface area contributed by atoms with Crippen LogP contribution in [-0.2, 0) is 26.2 Å². The molecule has 0 saturated carbocycles. The minimum absolute atomic E-state index is 0.00490. The second-order valence-electron chi connectivity index (χ2n) is 8.69. The maximum absolute atomic E-state index is 13.2. The molecule has 0 unspecified atom stereocenters. The smallest absolute Gasteiger partial charge is 0.243 e. The average molecular weight is 456 g/mol. The molecule has 1 N–H and O–H groups in total. The van der Waals surface area contributed by atoms with Gasteiger partial charge >= 0.3 is 0 Å². The zero-order valence-electron chi connectivity index (χ0n) is 18.4. The van der Waals surface area contributed by atoms with Crippen molar-refractivity contribution in [2.45, 2.75) is 50.2 Å². The van der Waals surface area contributed by atoms with Gasteiger partial charge in [-0.05, 0) is 37.5 Å². The molecule has 0 bridgehead atoms. The maximum atomic E-state index is 13.2. The molecule has 8 heteroatoms. The van der Waals surface area contributed by atoms with Gasteiger partial charge in [0.05, 0.1) is 16.9 Å². The number of amides is 2. The van der Waals surface area contributed by atoms with Crippen LogP contribution in [0.4, 0.5) is 0 Å². The van der Waals surface area contributed by atoms with Crippen LogP contribution in [-0.4, -0.2) is 54.6 Å². The van der Waals surface area contributed by atoms with Gasteiger partial charge in [0.2, 0.25) is 21.8 Å². The van der Waals surface area contributed by atoms with Gasteiger partial charge in [-0.2, -0.15) is 4.31 Å². The molecule has 2 saturated heterocycles. The van der Waals surface area contributed by atoms with Crippen LogP contribution in [0.25, 0.3) is 0 Å². The maximum Gasteiger partial charge on any atom is 0.243 e. The lowest BCUT2D eigenvalue weighted by Crippen LogP contribution is -2.50. The summed E-state index contributed by atoms with van der Waals surface area (Å²) in [4.78, 5) is 27.8. The van der Waals surface area contributed by atoms with Gasteiger partial charge in [-0.25, -0.2) is 8.42 Å². The first-order valence-electron chi connectivity index (χ1n) is 11.0. The second-order valence-corrected chi connectivity index (χ2v) is 10.6. The Hall–Kier alpha value is -2.71. The summed E-state index contributed by atoms with van der Waals surface area (Å²) in [5.74, 6) is -0.690. The Kier molecular flexibility index (Phi) is 6.35. The first kappa shape index (κ1) is 22.5. The normalized spacial score (nSPS) is 24.1. The molecule has 3 atom stereocenters. The molecule has 2 heterocycles. The van der Waals surface area contributed by atoms with Crippen LogP contribution < -0.4 is 5.32 Å². The Morgan fingerprint density at radius 3 is 2.47 bits per heavy atom. The number of hydrogen-bond donors (Lipinski definition) is 1. The average Bonchev–Trinajstić information content (AvgIpc) is 3.37. The number of carbonyl (C=O) groups is 2. The van der Waals surface area contributed by atoms with Crippen LogP contribution in [0.2, 0.25) is 0 Å². The van der Waals surface area contributed by atoms with E-state index in [1.54, 1.807) is 29.2 Å². The summed E-state index contributed by atoms with van der Waals surface area (Å²) in [5, 5.41) is 2.97. The third-order valence-electron chi connectivity index (χ3n) is 6.40. The van der Waals surface area contributed by atoms with Crippen LogP contribution in [0.3, 0.4) is 0 Å². The molecule has 4 rings (SSSR count). The molecule has 170 valence electrons. The van der Waals surface area contributed by atoms with Crippen molar-refractivity contribution in [2.24, 2.45) is 5.92 Å². The summed E-state index contributed by atoms with van der Waals surface area (Å²) >= 11 is 0. The molecule has 32 heavy (non-hydrogen) atoms. The SMILES string of the molecule is Cc1ccc(S(=O)(=O)N2CCC[C@H]2C(=O)N[C@@H]2CN(Cc3ccccc3)C(=O)[C@@H]2C)cc1. The first-order valence-corrected chi connectivity index (χ1v) is 12.4. The molecule has 0 aliphatic carbocycles. The minimum atomic E-state index is -3.76. The van der Waals surface area contributed by atoms with Crippen molar-refractivity contribution in [3.8, 4) is 0 Å². The molecule has 7 nitrogen and oxygen atoms in total. The highest BCUT2D eigenvalue weighted by Gasteiger charge is 2.43. The summed E-state index contributed by atoms with van der Waals surface area (Å²) in [6, 6.07) is 15.3. The molecule has 0 aromatic heterocycles. The quantitative estimate of drug-likeness (QED) is 0.724. The predicted octanol–water partition coefficient (Wildman–Crippen LogP) is 2.31. The van der Waals surface area contributed by atoms with E-state index in [4.69, 9.17) is 0 Å². The fourth-order valence-electron chi connectivity index (χ4n) is 4.48. The predicted molar refractivity (Wildman–Crippen MR) is 121 cm³/mol. The van der Waals surface area contributed by atoms with Crippen LogP contribution >= 0.6 is 0 Å². The van der Waals surface area contributed by atoms with Crippen molar-refractivity contribution in [2.75, 3.05) is 13.1 Å². The number of sulfonamides is 1. The van der Waals surface area contributed by atoms with E-state index in [-0.39, 0.29) is 28.7 Å². The van der Waals surface area contributed by atoms with Gasteiger partial charge < -0.3 is 10.2 Å². The first-order chi connectivity index (χ1) is 15.3. The number of nitrogens with zero attached hydrogens (tertiary/aromatic N) is 2. The number of hydrogen-bond acceptors (Lipinski definition) is 4. The summed E-state index contributed by atoms with van der Waals surface area (Å²) in [7, 11) is -3.76. The van der Waals surface area contributed by atoms with E-state index >= 15 is 0 Å². The van der Waals surface area contributed by atoms with Crippen LogP contribution in [0.15, 0.2) is 59.5 Å². The van der Waals surface area contributed by atoms with Crippen molar-refractivity contribution < 1.29 is 18.0 Å². The van der Waals surface area contributed by atoms with E-state index in [1.165, 1.54) is 4.31 Å². The monoisotopic (exact) mass is 455 g/mol. The van der Waals surface area contributed by atoms with Crippen molar-refractivity contribution in [1.29, 1.82) is 0 Å². The van der Waals surface area contributed by atoms with E-state index in [2.05, 4.69) is 5.32 Å². The van der Waals surface area contributed by atoms with E-state index in [0.717, 1.165) is 11.1 Å². The summed E-state index contributed by atoms with van der Waals surface area (Å²) in [6.45, 7) is 4.93. The van der Waals surface area contributed by atoms with Gasteiger partial charge in [0.25, 0.3) is 0 Å². The Morgan fingerprint density at radius 1 is 1.09 bits per heavy atom. The molecule has 2 aliphatic heterocycles. The standard InChI is InChI=1S/C24H29N3O4S/c1-17-10-12-20(13-11-17)32(30,31)27-14-6-9-22(27)23(28)25-21-16-26(24(29)18(21)2)15-19-7-4-3-5-8-19/h3-5,7-8,10-13,18,21-22H,6,9,14-16H2,1-2H3,(H,25,28)/t18-,21-,22+/m1/s1. The molecular formula is C24H29N3O4S. The van der Waals surface area contributed by atoms with Gasteiger partial charge in [-0.1, -0.05) is 55.0 Å². The van der Waals surface area contributed by atoms with Gasteiger partial charge in [0, 0.05) is 19.6 Å². The molecule has 2 aliphatic rings. The highest BCUT2D eigenvalue weighted by atomic mass is 32.2. The van der Waals surface area contributed by atoms with Crippen LogP contribution in [0, 0.1) is 12.8 Å². The third-order valence-corrected chi connectivity index (χ3v) is 8.32. The molecular weight excluding hydrogens is 426 g/mol. The van der Waals surface area contributed by atoms with Crippen molar-refractivity contribution in [3.05, 3.63) is 65.7 Å². The zero-order chi connectivity index (χ0) is 22.9. The molecule has 0 spiro atoms. The highest BCUT2D eigenvalue weighted by molar-refractivity contribution is 7.89. The molecule has 2 aromatic rings. The number of benzene rings is 2. The number of nitrogens with one attached hydrogen (secondary N) is 1. The number of likely N-dealkylation sites (tertiary alicyclic amines) is 1.